The van der Waals surface area contributed by atoms with Crippen LogP contribution >= 0.6 is 23.1 Å². The zero-order valence-corrected chi connectivity index (χ0v) is 17.2. The van der Waals surface area contributed by atoms with Gasteiger partial charge in [-0.15, -0.1) is 0 Å². The molecule has 0 spiro atoms. The lowest BCUT2D eigenvalue weighted by Gasteiger charge is -2.22. The quantitative estimate of drug-likeness (QED) is 0.606. The summed E-state index contributed by atoms with van der Waals surface area (Å²) in [6.07, 6.45) is 8.10. The van der Waals surface area contributed by atoms with Gasteiger partial charge in [0.05, 0.1) is 5.75 Å². The minimum Gasteiger partial charge on any atom is -0.353 e. The Balaban J connectivity index is 1.47. The number of amides is 1. The summed E-state index contributed by atoms with van der Waals surface area (Å²) >= 11 is 2.73. The number of anilines is 1. The van der Waals surface area contributed by atoms with Crippen LogP contribution in [0.1, 0.15) is 44.9 Å². The van der Waals surface area contributed by atoms with Crippen LogP contribution in [0.15, 0.2) is 9.95 Å². The summed E-state index contributed by atoms with van der Waals surface area (Å²) in [4.78, 5) is 36.3. The number of nitrogens with one attached hydrogen (secondary N) is 1. The minimum atomic E-state index is -0.0851. The van der Waals surface area contributed by atoms with E-state index in [-0.39, 0.29) is 17.2 Å². The fourth-order valence-corrected chi connectivity index (χ4v) is 5.54. The second kappa shape index (κ2) is 8.18. The van der Waals surface area contributed by atoms with E-state index in [4.69, 9.17) is 0 Å². The molecule has 0 unspecified atom stereocenters. The van der Waals surface area contributed by atoms with Crippen LogP contribution in [0.25, 0.3) is 10.3 Å². The summed E-state index contributed by atoms with van der Waals surface area (Å²) in [5.41, 5.74) is 0.415. The molecule has 1 aliphatic heterocycles. The predicted octanol–water partition coefficient (Wildman–Crippen LogP) is 2.53. The van der Waals surface area contributed by atoms with Crippen molar-refractivity contribution in [1.82, 2.24) is 19.9 Å². The molecule has 0 atom stereocenters. The fraction of sp³-hybridized carbons (Fsp3) is 0.667. The number of thiazole rings is 1. The SMILES string of the molecule is Cn1c(SCC(=O)NC2CCCCC2)nc2nc(N3CCCC3)sc2c1=O. The summed E-state index contributed by atoms with van der Waals surface area (Å²) < 4.78 is 2.13. The number of nitrogens with zero attached hydrogens (tertiary/aromatic N) is 4. The highest BCUT2D eigenvalue weighted by Crippen LogP contribution is 2.29. The van der Waals surface area contributed by atoms with E-state index >= 15 is 0 Å². The number of hydrogen-bond donors (Lipinski definition) is 1. The second-order valence-corrected chi connectivity index (χ2v) is 9.21. The third-order valence-electron chi connectivity index (χ3n) is 5.26. The monoisotopic (exact) mass is 407 g/mol. The molecule has 0 bridgehead atoms. The van der Waals surface area contributed by atoms with Crippen molar-refractivity contribution in [3.63, 3.8) is 0 Å². The van der Waals surface area contributed by atoms with Crippen molar-refractivity contribution in [2.45, 2.75) is 56.1 Å². The van der Waals surface area contributed by atoms with Gasteiger partial charge in [0.25, 0.3) is 5.56 Å². The number of carbonyl (C=O) groups excluding carboxylic acids is 1. The van der Waals surface area contributed by atoms with Crippen molar-refractivity contribution in [3.05, 3.63) is 10.4 Å². The van der Waals surface area contributed by atoms with Crippen molar-refractivity contribution in [3.8, 4) is 0 Å². The first-order valence-electron chi connectivity index (χ1n) is 9.66. The Hall–Kier alpha value is -1.61. The van der Waals surface area contributed by atoms with Crippen LogP contribution in [0, 0.1) is 0 Å². The maximum atomic E-state index is 12.7. The van der Waals surface area contributed by atoms with Crippen LogP contribution < -0.4 is 15.8 Å². The number of aromatic nitrogens is 3. The highest BCUT2D eigenvalue weighted by atomic mass is 32.2. The molecule has 1 saturated carbocycles. The van der Waals surface area contributed by atoms with E-state index in [2.05, 4.69) is 20.2 Å². The highest BCUT2D eigenvalue weighted by Gasteiger charge is 2.21. The molecule has 9 heteroatoms. The van der Waals surface area contributed by atoms with E-state index in [1.807, 2.05) is 0 Å². The Morgan fingerprint density at radius 2 is 1.93 bits per heavy atom. The number of fused-ring (bicyclic) bond motifs is 1. The fourth-order valence-electron chi connectivity index (χ4n) is 3.74. The van der Waals surface area contributed by atoms with E-state index in [0.717, 1.165) is 31.1 Å². The number of hydrogen-bond acceptors (Lipinski definition) is 7. The molecule has 146 valence electrons. The molecule has 27 heavy (non-hydrogen) atoms. The van der Waals surface area contributed by atoms with Gasteiger partial charge in [-0.05, 0) is 25.7 Å². The zero-order valence-electron chi connectivity index (χ0n) is 15.6. The van der Waals surface area contributed by atoms with Crippen molar-refractivity contribution in [2.24, 2.45) is 7.05 Å². The number of thioether (sulfide) groups is 1. The third-order valence-corrected chi connectivity index (χ3v) is 7.39. The van der Waals surface area contributed by atoms with Crippen LogP contribution in [-0.2, 0) is 11.8 Å². The van der Waals surface area contributed by atoms with Crippen molar-refractivity contribution in [1.29, 1.82) is 0 Å². The zero-order chi connectivity index (χ0) is 18.8. The topological polar surface area (TPSA) is 80.1 Å². The first kappa shape index (κ1) is 18.7. The number of rotatable bonds is 5. The first-order valence-corrected chi connectivity index (χ1v) is 11.5. The van der Waals surface area contributed by atoms with Crippen LogP contribution in [0.4, 0.5) is 5.13 Å². The second-order valence-electron chi connectivity index (χ2n) is 7.29. The van der Waals surface area contributed by atoms with Gasteiger partial charge in [-0.25, -0.2) is 4.98 Å². The molecular formula is C18H25N5O2S2. The van der Waals surface area contributed by atoms with Gasteiger partial charge in [-0.1, -0.05) is 42.4 Å². The lowest BCUT2D eigenvalue weighted by Crippen LogP contribution is -2.37. The average molecular weight is 408 g/mol. The van der Waals surface area contributed by atoms with Gasteiger partial charge in [0.2, 0.25) is 5.91 Å². The molecule has 2 aromatic rings. The van der Waals surface area contributed by atoms with Crippen molar-refractivity contribution >= 4 is 44.5 Å². The lowest BCUT2D eigenvalue weighted by atomic mass is 9.95. The molecule has 4 rings (SSSR count). The maximum Gasteiger partial charge on any atom is 0.273 e. The average Bonchev–Trinajstić information content (AvgIpc) is 3.34. The molecule has 2 fully saturated rings. The normalized spacial score (nSPS) is 18.3. The molecular weight excluding hydrogens is 382 g/mol. The summed E-state index contributed by atoms with van der Waals surface area (Å²) in [5, 5.41) is 4.53. The van der Waals surface area contributed by atoms with E-state index in [0.29, 0.717) is 21.5 Å². The van der Waals surface area contributed by atoms with Gasteiger partial charge >= 0.3 is 0 Å². The molecule has 1 amide bonds. The van der Waals surface area contributed by atoms with Crippen LogP contribution in [-0.4, -0.2) is 45.3 Å². The summed E-state index contributed by atoms with van der Waals surface area (Å²) in [6.45, 7) is 1.98. The molecule has 7 nitrogen and oxygen atoms in total. The van der Waals surface area contributed by atoms with E-state index in [1.165, 1.54) is 59.8 Å². The Morgan fingerprint density at radius 1 is 1.19 bits per heavy atom. The molecule has 0 aromatic carbocycles. The van der Waals surface area contributed by atoms with Crippen LogP contribution in [0.3, 0.4) is 0 Å². The Labute approximate surface area is 166 Å². The van der Waals surface area contributed by atoms with E-state index in [1.54, 1.807) is 7.05 Å². The Morgan fingerprint density at radius 3 is 2.67 bits per heavy atom. The van der Waals surface area contributed by atoms with Gasteiger partial charge in [0.15, 0.2) is 15.9 Å². The predicted molar refractivity (Wildman–Crippen MR) is 110 cm³/mol. The molecule has 0 radical (unpaired) electrons. The standard InChI is InChI=1S/C18H25N5O2S2/c1-22-16(25)14-15(21-18(27-14)23-9-5-6-10-23)20-17(22)26-11-13(24)19-12-7-3-2-4-8-12/h12H,2-11H2,1H3,(H,19,24). The molecule has 2 aliphatic rings. The van der Waals surface area contributed by atoms with Crippen molar-refractivity contribution < 1.29 is 4.79 Å². The first-order chi connectivity index (χ1) is 13.1. The Bertz CT molecular complexity index is 882. The molecule has 1 saturated heterocycles. The molecule has 2 aromatic heterocycles. The third kappa shape index (κ3) is 4.13. The maximum absolute atomic E-state index is 12.7. The summed E-state index contributed by atoms with van der Waals surface area (Å²) in [5.74, 6) is 0.281. The largest absolute Gasteiger partial charge is 0.353 e. The van der Waals surface area contributed by atoms with Gasteiger partial charge in [0, 0.05) is 26.2 Å². The molecule has 1 aliphatic carbocycles. The number of carbonyl (C=O) groups is 1. The summed E-state index contributed by atoms with van der Waals surface area (Å²) in [6, 6.07) is 0.299. The van der Waals surface area contributed by atoms with E-state index < -0.39 is 0 Å². The van der Waals surface area contributed by atoms with Crippen LogP contribution in [0.2, 0.25) is 0 Å². The van der Waals surface area contributed by atoms with Crippen LogP contribution in [0.5, 0.6) is 0 Å². The Kier molecular flexibility index (Phi) is 5.68. The molecule has 1 N–H and O–H groups in total. The van der Waals surface area contributed by atoms with Gasteiger partial charge in [-0.3, -0.25) is 14.2 Å². The van der Waals surface area contributed by atoms with Gasteiger partial charge < -0.3 is 10.2 Å². The highest BCUT2D eigenvalue weighted by molar-refractivity contribution is 7.99. The van der Waals surface area contributed by atoms with Gasteiger partial charge in [0.1, 0.15) is 4.70 Å². The van der Waals surface area contributed by atoms with E-state index in [9.17, 15) is 9.59 Å². The molecule has 3 heterocycles. The minimum absolute atomic E-state index is 0.0114. The van der Waals surface area contributed by atoms with Crippen molar-refractivity contribution in [2.75, 3.05) is 23.7 Å². The smallest absolute Gasteiger partial charge is 0.273 e. The van der Waals surface area contributed by atoms with Gasteiger partial charge in [-0.2, -0.15) is 4.98 Å². The summed E-state index contributed by atoms with van der Waals surface area (Å²) in [7, 11) is 1.71. The lowest BCUT2D eigenvalue weighted by molar-refractivity contribution is -0.119.